The molecule has 0 fully saturated rings. The lowest BCUT2D eigenvalue weighted by atomic mass is 9.99. The molecule has 0 saturated carbocycles. The highest BCUT2D eigenvalue weighted by Crippen LogP contribution is 2.43. The van der Waals surface area contributed by atoms with E-state index in [0.717, 1.165) is 6.92 Å². The Morgan fingerprint density at radius 2 is 1.84 bits per heavy atom. The third kappa shape index (κ3) is 2.24. The summed E-state index contributed by atoms with van der Waals surface area (Å²) in [7, 11) is 0. The molecule has 19 heavy (non-hydrogen) atoms. The van der Waals surface area contributed by atoms with E-state index in [0.29, 0.717) is 0 Å². The van der Waals surface area contributed by atoms with Crippen molar-refractivity contribution in [3.63, 3.8) is 0 Å². The Balaban J connectivity index is 3.45. The number of hydrogen-bond donors (Lipinski definition) is 1. The summed E-state index contributed by atoms with van der Waals surface area (Å²) in [4.78, 5) is 11.0. The molecule has 0 radical (unpaired) electrons. The van der Waals surface area contributed by atoms with E-state index in [9.17, 15) is 26.7 Å². The fraction of sp³-hybridized carbons (Fsp3) is 0.750. The number of carboxylic acid groups (broad SMARTS) is 1. The molecule has 0 spiro atoms. The fourth-order valence-electron chi connectivity index (χ4n) is 1.23. The van der Waals surface area contributed by atoms with E-state index in [-0.39, 0.29) is 11.1 Å². The minimum absolute atomic E-state index is 0.0111. The molecule has 0 aliphatic rings. The van der Waals surface area contributed by atoms with Crippen LogP contribution >= 0.6 is 0 Å². The average Bonchev–Trinajstić information content (AvgIpc) is 2.75. The van der Waals surface area contributed by atoms with Crippen LogP contribution in [0.1, 0.15) is 26.1 Å². The van der Waals surface area contributed by atoms with Crippen LogP contribution in [0.5, 0.6) is 0 Å². The van der Waals surface area contributed by atoms with Crippen LogP contribution in [0.25, 0.3) is 0 Å². The summed E-state index contributed by atoms with van der Waals surface area (Å²) in [6, 6.07) is 0. The second-order valence-electron chi connectivity index (χ2n) is 3.92. The van der Waals surface area contributed by atoms with Gasteiger partial charge in [0.05, 0.1) is 0 Å². The standard InChI is InChI=1S/C8H9F5N4O2/c1-3-6(2,5(18)19)17-4(14-15-16-17)7(9,10)8(11,12)13/h3H2,1-2H3,(H,18,19). The first-order valence-electron chi connectivity index (χ1n) is 4.95. The molecule has 1 unspecified atom stereocenters. The van der Waals surface area contributed by atoms with E-state index < -0.39 is 29.4 Å². The van der Waals surface area contributed by atoms with E-state index >= 15 is 0 Å². The van der Waals surface area contributed by atoms with Gasteiger partial charge in [-0.1, -0.05) is 6.92 Å². The number of aliphatic carboxylic acids is 1. The van der Waals surface area contributed by atoms with Gasteiger partial charge in [-0.3, -0.25) is 0 Å². The molecular weight excluding hydrogens is 279 g/mol. The fourth-order valence-corrected chi connectivity index (χ4v) is 1.23. The molecule has 1 atom stereocenters. The van der Waals surface area contributed by atoms with Crippen LogP contribution in [-0.4, -0.2) is 37.5 Å². The van der Waals surface area contributed by atoms with Crippen molar-refractivity contribution in [1.29, 1.82) is 0 Å². The first kappa shape index (κ1) is 15.2. The van der Waals surface area contributed by atoms with Gasteiger partial charge in [0, 0.05) is 0 Å². The van der Waals surface area contributed by atoms with Crippen molar-refractivity contribution < 1.29 is 31.9 Å². The second kappa shape index (κ2) is 4.38. The zero-order valence-electron chi connectivity index (χ0n) is 9.74. The SMILES string of the molecule is CCC(C)(C(=O)O)n1nnnc1C(F)(F)C(F)(F)F. The second-order valence-corrected chi connectivity index (χ2v) is 3.92. The first-order valence-corrected chi connectivity index (χ1v) is 4.95. The number of rotatable bonds is 4. The predicted molar refractivity (Wildman–Crippen MR) is 49.3 cm³/mol. The van der Waals surface area contributed by atoms with Crippen molar-refractivity contribution in [1.82, 2.24) is 20.2 Å². The van der Waals surface area contributed by atoms with Gasteiger partial charge in [0.25, 0.3) is 0 Å². The third-order valence-electron chi connectivity index (χ3n) is 2.72. The van der Waals surface area contributed by atoms with Gasteiger partial charge in [0.2, 0.25) is 5.82 Å². The maximum atomic E-state index is 13.2. The Morgan fingerprint density at radius 3 is 2.21 bits per heavy atom. The van der Waals surface area contributed by atoms with Gasteiger partial charge in [-0.25, -0.2) is 9.48 Å². The lowest BCUT2D eigenvalue weighted by Crippen LogP contribution is -2.45. The van der Waals surface area contributed by atoms with E-state index in [4.69, 9.17) is 5.11 Å². The highest BCUT2D eigenvalue weighted by Gasteiger charge is 2.63. The largest absolute Gasteiger partial charge is 0.479 e. The molecule has 11 heteroatoms. The smallest absolute Gasteiger partial charge is 0.461 e. The van der Waals surface area contributed by atoms with Crippen molar-refractivity contribution in [2.75, 3.05) is 0 Å². The van der Waals surface area contributed by atoms with E-state index in [1.807, 2.05) is 0 Å². The summed E-state index contributed by atoms with van der Waals surface area (Å²) in [5, 5.41) is 17.2. The van der Waals surface area contributed by atoms with Crippen molar-refractivity contribution in [2.45, 2.75) is 37.9 Å². The number of aromatic nitrogens is 4. The summed E-state index contributed by atoms with van der Waals surface area (Å²) in [5.41, 5.74) is -2.10. The Labute approximate surface area is 103 Å². The van der Waals surface area contributed by atoms with Crippen molar-refractivity contribution >= 4 is 5.97 Å². The van der Waals surface area contributed by atoms with Crippen LogP contribution in [0.2, 0.25) is 0 Å². The number of tetrazole rings is 1. The summed E-state index contributed by atoms with van der Waals surface area (Å²) < 4.78 is 63.2. The Hall–Kier alpha value is -1.81. The van der Waals surface area contributed by atoms with Crippen LogP contribution < -0.4 is 0 Å². The Kier molecular flexibility index (Phi) is 3.52. The normalized spacial score (nSPS) is 16.2. The maximum absolute atomic E-state index is 13.2. The number of nitrogens with zero attached hydrogens (tertiary/aromatic N) is 4. The maximum Gasteiger partial charge on any atom is 0.461 e. The first-order chi connectivity index (χ1) is 8.48. The van der Waals surface area contributed by atoms with Crippen LogP contribution in [0.15, 0.2) is 0 Å². The van der Waals surface area contributed by atoms with Crippen LogP contribution in [0.4, 0.5) is 22.0 Å². The zero-order valence-corrected chi connectivity index (χ0v) is 9.74. The monoisotopic (exact) mass is 288 g/mol. The molecule has 0 aromatic carbocycles. The summed E-state index contributed by atoms with van der Waals surface area (Å²) in [6.45, 7) is 2.24. The Morgan fingerprint density at radius 1 is 1.32 bits per heavy atom. The Bertz CT molecular complexity index is 486. The molecule has 1 aromatic rings. The molecule has 1 rings (SSSR count). The van der Waals surface area contributed by atoms with E-state index in [1.54, 1.807) is 0 Å². The van der Waals surface area contributed by atoms with Crippen molar-refractivity contribution in [2.24, 2.45) is 0 Å². The predicted octanol–water partition coefficient (Wildman–Crippen LogP) is 1.54. The van der Waals surface area contributed by atoms with Crippen LogP contribution in [0.3, 0.4) is 0 Å². The van der Waals surface area contributed by atoms with E-state index in [2.05, 4.69) is 15.5 Å². The van der Waals surface area contributed by atoms with Gasteiger partial charge in [0.1, 0.15) is 0 Å². The lowest BCUT2D eigenvalue weighted by molar-refractivity contribution is -0.294. The molecule has 108 valence electrons. The molecule has 0 saturated heterocycles. The van der Waals surface area contributed by atoms with Gasteiger partial charge >= 0.3 is 18.1 Å². The third-order valence-corrected chi connectivity index (χ3v) is 2.72. The van der Waals surface area contributed by atoms with Crippen LogP contribution in [0, 0.1) is 0 Å². The lowest BCUT2D eigenvalue weighted by Gasteiger charge is -2.26. The quantitative estimate of drug-likeness (QED) is 0.850. The van der Waals surface area contributed by atoms with Gasteiger partial charge in [-0.15, -0.1) is 5.10 Å². The minimum atomic E-state index is -5.92. The van der Waals surface area contributed by atoms with E-state index in [1.165, 1.54) is 6.92 Å². The number of hydrogen-bond acceptors (Lipinski definition) is 4. The van der Waals surface area contributed by atoms with Gasteiger partial charge in [-0.2, -0.15) is 22.0 Å². The summed E-state index contributed by atoms with van der Waals surface area (Å²) in [5.74, 6) is -8.82. The molecule has 1 heterocycles. The summed E-state index contributed by atoms with van der Waals surface area (Å²) >= 11 is 0. The topological polar surface area (TPSA) is 80.9 Å². The zero-order chi connectivity index (χ0) is 15.1. The van der Waals surface area contributed by atoms with Gasteiger partial charge in [0.15, 0.2) is 5.54 Å². The molecule has 6 nitrogen and oxygen atoms in total. The number of carbonyl (C=O) groups is 1. The molecular formula is C8H9F5N4O2. The molecule has 0 aliphatic carbocycles. The number of halogens is 5. The minimum Gasteiger partial charge on any atom is -0.479 e. The van der Waals surface area contributed by atoms with Gasteiger partial charge in [-0.05, 0) is 23.8 Å². The highest BCUT2D eigenvalue weighted by atomic mass is 19.4. The number of carboxylic acids is 1. The average molecular weight is 288 g/mol. The molecule has 0 aliphatic heterocycles. The molecule has 1 N–H and O–H groups in total. The molecule has 0 amide bonds. The van der Waals surface area contributed by atoms with Crippen LogP contribution in [-0.2, 0) is 16.3 Å². The molecule has 1 aromatic heterocycles. The number of alkyl halides is 5. The van der Waals surface area contributed by atoms with Crippen molar-refractivity contribution in [3.8, 4) is 0 Å². The highest BCUT2D eigenvalue weighted by molar-refractivity contribution is 5.76. The van der Waals surface area contributed by atoms with Gasteiger partial charge < -0.3 is 5.11 Å². The van der Waals surface area contributed by atoms with Crippen molar-refractivity contribution in [3.05, 3.63) is 5.82 Å². The molecule has 0 bridgehead atoms. The summed E-state index contributed by atoms with van der Waals surface area (Å²) in [6.07, 6.45) is -6.21.